The molecule has 7 heteroatoms. The van der Waals surface area contributed by atoms with Crippen LogP contribution < -0.4 is 4.90 Å². The SMILES string of the molecule is Cc1cc(C)c(-c2c[c-]c3c(c2)N(c2ccccc2)c2cc(-c4c(C)cc(C)cc4C)ccc2[C@]3(c2ccccn2)c2cccc(-c3[c-]cccc3)n2)c(C)c1.O=C(O)c1ccccn1.[Ir]. The third kappa shape index (κ3) is 8.40. The number of pyridine rings is 3. The molecule has 0 spiro atoms. The van der Waals surface area contributed by atoms with Crippen LogP contribution in [0.1, 0.15) is 66.4 Å². The van der Waals surface area contributed by atoms with Gasteiger partial charge in [-0.25, -0.2) is 9.78 Å². The van der Waals surface area contributed by atoms with E-state index in [0.29, 0.717) is 0 Å². The van der Waals surface area contributed by atoms with E-state index in [1.165, 1.54) is 62.3 Å². The van der Waals surface area contributed by atoms with Gasteiger partial charge in [-0.05, 0) is 124 Å². The van der Waals surface area contributed by atoms with Crippen molar-refractivity contribution in [3.05, 3.63) is 250 Å². The molecule has 1 atom stereocenters. The van der Waals surface area contributed by atoms with Crippen LogP contribution in [0.3, 0.4) is 0 Å². The van der Waals surface area contributed by atoms with Crippen molar-refractivity contribution in [3.8, 4) is 33.5 Å². The summed E-state index contributed by atoms with van der Waals surface area (Å²) in [6.45, 7) is 13.2. The van der Waals surface area contributed by atoms with Crippen LogP contribution in [0, 0.1) is 53.7 Å². The summed E-state index contributed by atoms with van der Waals surface area (Å²) in [7, 11) is 0. The van der Waals surface area contributed by atoms with Crippen LogP contribution in [0.15, 0.2) is 176 Å². The van der Waals surface area contributed by atoms with Crippen molar-refractivity contribution in [1.82, 2.24) is 15.0 Å². The number of fused-ring (bicyclic) bond motifs is 2. The van der Waals surface area contributed by atoms with Gasteiger partial charge < -0.3 is 10.0 Å². The number of carbonyl (C=O) groups is 1. The molecular formula is C59H48IrN4O2-2. The van der Waals surface area contributed by atoms with E-state index >= 15 is 0 Å². The van der Waals surface area contributed by atoms with Crippen LogP contribution in [0.4, 0.5) is 17.1 Å². The number of anilines is 3. The first-order chi connectivity index (χ1) is 31.5. The average Bonchev–Trinajstić information content (AvgIpc) is 3.31. The van der Waals surface area contributed by atoms with E-state index in [4.69, 9.17) is 15.1 Å². The van der Waals surface area contributed by atoms with Gasteiger partial charge in [-0.15, -0.1) is 53.1 Å². The van der Waals surface area contributed by atoms with Gasteiger partial charge >= 0.3 is 5.97 Å². The molecule has 6 nitrogen and oxygen atoms in total. The zero-order valence-electron chi connectivity index (χ0n) is 37.7. The molecule has 3 aromatic heterocycles. The smallest absolute Gasteiger partial charge is 0.354 e. The summed E-state index contributed by atoms with van der Waals surface area (Å²) in [5, 5.41) is 8.32. The summed E-state index contributed by atoms with van der Waals surface area (Å²) in [6, 6.07) is 64.1. The van der Waals surface area contributed by atoms with Gasteiger partial charge in [0.15, 0.2) is 0 Å². The average molecular weight is 1040 g/mol. The third-order valence-electron chi connectivity index (χ3n) is 12.2. The minimum absolute atomic E-state index is 0. The van der Waals surface area contributed by atoms with Gasteiger partial charge in [0.25, 0.3) is 0 Å². The molecule has 1 radical (unpaired) electrons. The van der Waals surface area contributed by atoms with E-state index in [1.807, 2.05) is 30.5 Å². The maximum atomic E-state index is 10.1. The van der Waals surface area contributed by atoms with Crippen molar-refractivity contribution in [1.29, 1.82) is 0 Å². The monoisotopic (exact) mass is 1040 g/mol. The van der Waals surface area contributed by atoms with E-state index in [2.05, 4.69) is 185 Å². The predicted octanol–water partition coefficient (Wildman–Crippen LogP) is 13.9. The van der Waals surface area contributed by atoms with E-state index in [0.717, 1.165) is 56.4 Å². The number of carboxylic acid groups (broad SMARTS) is 1. The second kappa shape index (κ2) is 19.0. The standard InChI is InChI=1S/C53H43N3.C6H5NO2.Ir/c1-34-28-36(3)51(37(4)29-34)41-23-25-44-47(32-41)56(43-18-11-8-12-19-43)48-33-42(52-38(5)30-35(2)31-39(52)6)24-26-45(48)53(44,49-21-13-14-27-54-49)50-22-15-20-46(55-50)40-16-9-7-10-17-40;8-6(9)5-3-1-2-4-7-5;/h7-16,18-25,27-33H,1-6H3;1-4H,(H,8,9);/q-2;;/t53-;;/m0../s1. The Hall–Kier alpha value is -7.31. The molecule has 4 heterocycles. The van der Waals surface area contributed by atoms with E-state index in [-0.39, 0.29) is 25.8 Å². The van der Waals surface area contributed by atoms with Gasteiger partial charge in [-0.2, -0.15) is 12.1 Å². The van der Waals surface area contributed by atoms with Crippen LogP contribution in [0.25, 0.3) is 33.5 Å². The zero-order valence-corrected chi connectivity index (χ0v) is 40.1. The fourth-order valence-corrected chi connectivity index (χ4v) is 9.77. The van der Waals surface area contributed by atoms with Crippen molar-refractivity contribution in [2.75, 3.05) is 4.90 Å². The molecule has 0 fully saturated rings. The Morgan fingerprint density at radius 1 is 0.576 bits per heavy atom. The number of aryl methyl sites for hydroxylation is 6. The number of rotatable bonds is 7. The normalized spacial score (nSPS) is 13.6. The van der Waals surface area contributed by atoms with Crippen molar-refractivity contribution in [3.63, 3.8) is 0 Å². The summed E-state index contributed by atoms with van der Waals surface area (Å²) >= 11 is 0. The molecule has 9 aromatic rings. The Bertz CT molecular complexity index is 3040. The van der Waals surface area contributed by atoms with Crippen LogP contribution in [0.5, 0.6) is 0 Å². The predicted molar refractivity (Wildman–Crippen MR) is 262 cm³/mol. The number of aromatic nitrogens is 3. The fraction of sp³-hybridized carbons (Fsp3) is 0.119. The van der Waals surface area contributed by atoms with Crippen molar-refractivity contribution in [2.45, 2.75) is 47.0 Å². The minimum atomic E-state index is -0.990. The number of aromatic carboxylic acids is 1. The summed E-state index contributed by atoms with van der Waals surface area (Å²) < 4.78 is 0. The molecule has 10 rings (SSSR count). The Balaban J connectivity index is 0.000000532. The molecule has 1 N–H and O–H groups in total. The van der Waals surface area contributed by atoms with Gasteiger partial charge in [-0.3, -0.25) is 9.97 Å². The van der Waals surface area contributed by atoms with Crippen molar-refractivity contribution >= 4 is 23.0 Å². The van der Waals surface area contributed by atoms with E-state index in [9.17, 15) is 4.79 Å². The van der Waals surface area contributed by atoms with Crippen LogP contribution >= 0.6 is 0 Å². The molecule has 0 aliphatic carbocycles. The Morgan fingerprint density at radius 2 is 1.18 bits per heavy atom. The molecular weight excluding hydrogens is 989 g/mol. The maximum absolute atomic E-state index is 10.1. The summed E-state index contributed by atoms with van der Waals surface area (Å²) in [6.07, 6.45) is 3.35. The summed E-state index contributed by atoms with van der Waals surface area (Å²) in [5.74, 6) is -0.990. The largest absolute Gasteiger partial charge is 0.477 e. The van der Waals surface area contributed by atoms with E-state index in [1.54, 1.807) is 12.1 Å². The second-order valence-electron chi connectivity index (χ2n) is 16.8. The first kappa shape index (κ1) is 45.3. The van der Waals surface area contributed by atoms with Crippen LogP contribution in [-0.2, 0) is 25.5 Å². The second-order valence-corrected chi connectivity index (χ2v) is 16.8. The number of hydrogen-bond donors (Lipinski definition) is 1. The Morgan fingerprint density at radius 3 is 1.77 bits per heavy atom. The number of hydrogen-bond acceptors (Lipinski definition) is 5. The third-order valence-corrected chi connectivity index (χ3v) is 12.2. The van der Waals surface area contributed by atoms with Gasteiger partial charge in [0.2, 0.25) is 0 Å². The van der Waals surface area contributed by atoms with E-state index < -0.39 is 11.4 Å². The quantitative estimate of drug-likeness (QED) is 0.160. The number of carboxylic acids is 1. The molecule has 1 aliphatic rings. The molecule has 0 amide bonds. The molecule has 0 bridgehead atoms. The Kier molecular flexibility index (Phi) is 13.1. The summed E-state index contributed by atoms with van der Waals surface area (Å²) in [5.41, 5.74) is 20.3. The topological polar surface area (TPSA) is 79.2 Å². The zero-order chi connectivity index (χ0) is 45.2. The van der Waals surface area contributed by atoms with Gasteiger partial charge in [0, 0.05) is 49.6 Å². The van der Waals surface area contributed by atoms with Crippen LogP contribution in [0.2, 0.25) is 0 Å². The van der Waals surface area contributed by atoms with Crippen molar-refractivity contribution < 1.29 is 30.0 Å². The van der Waals surface area contributed by atoms with Gasteiger partial charge in [0.1, 0.15) is 5.69 Å². The fourth-order valence-electron chi connectivity index (χ4n) is 9.77. The first-order valence-corrected chi connectivity index (χ1v) is 21.8. The number of para-hydroxylation sites is 1. The molecule has 327 valence electrons. The van der Waals surface area contributed by atoms with Gasteiger partial charge in [0.05, 0.1) is 11.1 Å². The van der Waals surface area contributed by atoms with Crippen molar-refractivity contribution in [2.24, 2.45) is 0 Å². The molecule has 1 aliphatic heterocycles. The number of nitrogens with zero attached hydrogens (tertiary/aromatic N) is 4. The molecule has 6 aromatic carbocycles. The minimum Gasteiger partial charge on any atom is -0.477 e. The first-order valence-electron chi connectivity index (χ1n) is 21.8. The van der Waals surface area contributed by atoms with Gasteiger partial charge in [-0.1, -0.05) is 112 Å². The maximum Gasteiger partial charge on any atom is 0.354 e. The number of benzene rings is 6. The molecule has 0 saturated carbocycles. The Labute approximate surface area is 401 Å². The molecule has 0 saturated heterocycles. The van der Waals surface area contributed by atoms with Crippen LogP contribution in [-0.4, -0.2) is 26.0 Å². The molecule has 66 heavy (non-hydrogen) atoms. The summed E-state index contributed by atoms with van der Waals surface area (Å²) in [4.78, 5) is 26.9. The molecule has 0 unspecified atom stereocenters.